The number of hydrogen-bond donors (Lipinski definition) is 15. The van der Waals surface area contributed by atoms with Gasteiger partial charge < -0.3 is 175 Å². The van der Waals surface area contributed by atoms with Gasteiger partial charge in [0.05, 0.1) is 52.3 Å². The van der Waals surface area contributed by atoms with Crippen LogP contribution in [0.25, 0.3) is 0 Å². The molecular formula is C86H174N2O34Si7. The Morgan fingerprint density at radius 2 is 0.341 bits per heavy atom. The molecule has 0 aromatic carbocycles. The molecule has 129 heavy (non-hydrogen) atoms. The molecule has 21 aliphatic heterocycles. The number of aliphatic hydroxyl groups is 13. The smallest absolute Gasteiger partial charge is 0.192 e. The summed E-state index contributed by atoms with van der Waals surface area (Å²) in [5.41, 5.74) is 6.29. The average molecular weight is 1980 g/mol. The van der Waals surface area contributed by atoms with Crippen LogP contribution in [0.15, 0.2) is 0 Å². The lowest BCUT2D eigenvalue weighted by Crippen LogP contribution is -2.70. The van der Waals surface area contributed by atoms with E-state index in [4.69, 9.17) is 103 Å². The van der Waals surface area contributed by atoms with E-state index in [1.54, 1.807) is 0 Å². The molecule has 0 amide bonds. The fourth-order valence-electron chi connectivity index (χ4n) is 14.4. The fourth-order valence-corrected chi connectivity index (χ4v) is 21.5. The van der Waals surface area contributed by atoms with Crippen LogP contribution in [0.3, 0.4) is 0 Å². The summed E-state index contributed by atoms with van der Waals surface area (Å²) in [5, 5.41) is 167. The van der Waals surface area contributed by atoms with E-state index < -0.39 is 308 Å². The second kappa shape index (κ2) is 42.7. The zero-order chi connectivity index (χ0) is 98.1. The summed E-state index contributed by atoms with van der Waals surface area (Å²) >= 11 is 0. The molecule has 0 aromatic rings. The monoisotopic (exact) mass is 1980 g/mol. The highest BCUT2D eigenvalue weighted by Crippen LogP contribution is 2.48. The maximum atomic E-state index is 13.2. The Hall–Kier alpha value is 0.0782. The molecule has 0 radical (unpaired) electrons. The van der Waals surface area contributed by atoms with Crippen LogP contribution in [-0.4, -0.2) is 399 Å². The van der Waals surface area contributed by atoms with Crippen molar-refractivity contribution in [2.24, 2.45) is 5.73 Å². The maximum absolute atomic E-state index is 13.2. The van der Waals surface area contributed by atoms with Gasteiger partial charge in [0.15, 0.2) is 102 Å². The SMILES string of the molecule is CC(C)(C)[Si](C)(C)OC[C@H]1O[C@@H]2O[C@H]3[C@H](O)[C@@H](O)[C@@H](O[C@H]4[C@H](O)[C@@H](O)[C@@H](O[C@H]5[C@H](O)[C@@H](O)[C@@H](O[C@H]6[C@H](O)[C@@H](O)[C@@H](O[C@H]7[C@@H](NCCN)[C@H](O)[C@@H](O[C@H]8[C@H](O)[C@H](O)[C@@H](O[C@H]1[C@H](O)[C@@H]2O)O[C@@H]8CO[Si](C)(C)C(C)(C)C)O[C@@H]7CO[Si](C)(C)C(C)(C)C)O[C@@H]6CO[Si](C)(C)C(C)(C)C)O[C@@H]5CO[Si](C)(C)C(C)(C)C)O[C@@H]4CO[Si](C)(C)C(C)(C)C)O[C@@H]3CO[Si](C)(C)C(C)(C)C. The summed E-state index contributed by atoms with van der Waals surface area (Å²) < 4.78 is 143. The van der Waals surface area contributed by atoms with E-state index in [2.05, 4.69) is 5.32 Å². The minimum atomic E-state index is -2.81. The third-order valence-corrected chi connectivity index (χ3v) is 62.5. The minimum absolute atomic E-state index is 0.00428. The summed E-state index contributed by atoms with van der Waals surface area (Å²) in [7, 11) is -19.7. The zero-order valence-electron chi connectivity index (χ0n) is 84.0. The van der Waals surface area contributed by atoms with E-state index in [-0.39, 0.29) is 59.3 Å². The van der Waals surface area contributed by atoms with Crippen molar-refractivity contribution in [1.82, 2.24) is 5.32 Å². The molecule has 21 rings (SSSR count). The van der Waals surface area contributed by atoms with Crippen LogP contribution in [0.1, 0.15) is 145 Å². The van der Waals surface area contributed by atoms with Crippen molar-refractivity contribution in [3.05, 3.63) is 0 Å². The van der Waals surface area contributed by atoms with Gasteiger partial charge in [-0.25, -0.2) is 0 Å². The molecule has 21 aliphatic rings. The van der Waals surface area contributed by atoms with Gasteiger partial charge in [-0.3, -0.25) is 0 Å². The Morgan fingerprint density at radius 3 is 0.481 bits per heavy atom. The maximum Gasteiger partial charge on any atom is 0.192 e. The molecule has 14 bridgehead atoms. The minimum Gasteiger partial charge on any atom is -0.414 e. The molecule has 0 aliphatic carbocycles. The number of rotatable bonds is 24. The van der Waals surface area contributed by atoms with Crippen LogP contribution in [0.2, 0.25) is 127 Å². The van der Waals surface area contributed by atoms with Crippen molar-refractivity contribution in [2.75, 3.05) is 59.3 Å². The number of ether oxygens (including phenoxy) is 14. The third-order valence-electron chi connectivity index (χ3n) is 31.0. The summed E-state index contributed by atoms with van der Waals surface area (Å²) in [6.45, 7) is 67.8. The lowest BCUT2D eigenvalue weighted by molar-refractivity contribution is -0.396. The van der Waals surface area contributed by atoms with E-state index in [1.165, 1.54) is 0 Å². The first-order chi connectivity index (χ1) is 58.5. The Labute approximate surface area is 775 Å². The highest BCUT2D eigenvalue weighted by molar-refractivity contribution is 6.76. The van der Waals surface area contributed by atoms with E-state index in [0.717, 1.165) is 0 Å². The molecule has 16 N–H and O–H groups in total. The van der Waals surface area contributed by atoms with Crippen molar-refractivity contribution in [3.8, 4) is 0 Å². The van der Waals surface area contributed by atoms with Crippen LogP contribution in [0, 0.1) is 0 Å². The van der Waals surface area contributed by atoms with Crippen LogP contribution in [0.4, 0.5) is 0 Å². The quantitative estimate of drug-likeness (QED) is 0.0528. The molecular weight excluding hydrogens is 1800 g/mol. The summed E-state index contributed by atoms with van der Waals surface area (Å²) in [5.74, 6) is 0. The van der Waals surface area contributed by atoms with Gasteiger partial charge in [-0.1, -0.05) is 145 Å². The van der Waals surface area contributed by atoms with Gasteiger partial charge >= 0.3 is 0 Å². The van der Waals surface area contributed by atoms with Gasteiger partial charge in [-0.15, -0.1) is 0 Å². The van der Waals surface area contributed by atoms with Crippen molar-refractivity contribution in [3.63, 3.8) is 0 Å². The Balaban J connectivity index is 1.33. The molecule has 0 aromatic heterocycles. The first-order valence-corrected chi connectivity index (χ1v) is 66.8. The zero-order valence-corrected chi connectivity index (χ0v) is 91.0. The van der Waals surface area contributed by atoms with Gasteiger partial charge in [0, 0.05) is 13.1 Å². The molecule has 21 saturated heterocycles. The summed E-state index contributed by atoms with van der Waals surface area (Å²) in [6.07, 6.45) is -61.5. The molecule has 760 valence electrons. The third kappa shape index (κ3) is 26.5. The molecule has 21 heterocycles. The lowest BCUT2D eigenvalue weighted by Gasteiger charge is -2.52. The van der Waals surface area contributed by atoms with Crippen molar-refractivity contribution in [2.45, 2.75) is 487 Å². The molecule has 0 saturated carbocycles. The number of aliphatic hydroxyl groups excluding tert-OH is 13. The molecule has 35 atom stereocenters. The normalized spacial score (nSPS) is 39.8. The lowest BCUT2D eigenvalue weighted by atomic mass is 9.93. The van der Waals surface area contributed by atoms with Crippen molar-refractivity contribution in [1.29, 1.82) is 0 Å². The summed E-state index contributed by atoms with van der Waals surface area (Å²) in [6, 6.07) is -1.32. The Kier molecular flexibility index (Phi) is 37.9. The van der Waals surface area contributed by atoms with Crippen molar-refractivity contribution >= 4 is 58.2 Å². The van der Waals surface area contributed by atoms with E-state index in [9.17, 15) is 66.4 Å². The first kappa shape index (κ1) is 114. The number of nitrogens with one attached hydrogen (secondary N) is 1. The fraction of sp³-hybridized carbons (Fsp3) is 1.00. The number of hydrogen-bond acceptors (Lipinski definition) is 36. The van der Waals surface area contributed by atoms with Gasteiger partial charge in [0.1, 0.15) is 165 Å². The van der Waals surface area contributed by atoms with E-state index in [1.807, 2.05) is 237 Å². The van der Waals surface area contributed by atoms with Gasteiger partial charge in [0.25, 0.3) is 0 Å². The topological polar surface area (TPSA) is 495 Å². The van der Waals surface area contributed by atoms with Crippen LogP contribution < -0.4 is 11.1 Å². The average Bonchev–Trinajstić information content (AvgIpc) is 1.01. The molecule has 0 unspecified atom stereocenters. The second-order valence-corrected chi connectivity index (χ2v) is 81.3. The molecule has 36 nitrogen and oxygen atoms in total. The molecule has 0 spiro atoms. The highest BCUT2D eigenvalue weighted by atomic mass is 28.4. The molecule has 21 fully saturated rings. The van der Waals surface area contributed by atoms with Gasteiger partial charge in [-0.05, 0) is 127 Å². The number of nitrogens with two attached hydrogens (primary N) is 1. The van der Waals surface area contributed by atoms with E-state index in [0.29, 0.717) is 0 Å². The largest absolute Gasteiger partial charge is 0.414 e. The van der Waals surface area contributed by atoms with Crippen LogP contribution >= 0.6 is 0 Å². The Bertz CT molecular complexity index is 3390. The molecule has 43 heteroatoms. The summed E-state index contributed by atoms with van der Waals surface area (Å²) in [4.78, 5) is 0. The van der Waals surface area contributed by atoms with E-state index >= 15 is 0 Å². The second-order valence-electron chi connectivity index (χ2n) is 47.7. The standard InChI is InChI=1S/C86H174N2O34Si7/c1-80(2,3)123(22,23)102-38-45-66-52(88-37-36-87)53(89)73(109-45)117-67-46(39-103-124(24,25)81(4,5)6)111-75(61(97)55(67)91)119-69-48(41-105-126(28,29)83(10,11)12)113-77(63(99)57(69)93)121-71-50(43-107-128(32,33)85(16,17)18)115-79(65(101)59(71)95)122-72-51(44-108-129(34,35)86(19,20)21)114-78(64(100)58(72)94)120-70-49(42-106-127(30,31)84(13,14)15)112-76(62(98)56(70)92)118-68-47(40-104-125(26,27)82(7,8)9)110-74(116-66)60(96)54(68)90/h45-79,88-101H,36-44,87H2,1-35H3/t45-,46-,47-,48-,49-,50-,51-,52+,53+,54-,55-,56-,57-,58-,59-,60-,61+,62-,63+,64-,65-,66-,67-,68-,69-,70-,71-,72-,73-,74-,75-,76-,77-,78-,79-/m1/s1. The van der Waals surface area contributed by atoms with Gasteiger partial charge in [-0.2, -0.15) is 0 Å². The predicted octanol–water partition coefficient (Wildman–Crippen LogP) is 5.53. The van der Waals surface area contributed by atoms with Crippen LogP contribution in [0.5, 0.6) is 0 Å². The van der Waals surface area contributed by atoms with Gasteiger partial charge in [0.2, 0.25) is 0 Å². The van der Waals surface area contributed by atoms with Crippen molar-refractivity contribution < 1.29 is 164 Å². The predicted molar refractivity (Wildman–Crippen MR) is 496 cm³/mol. The Morgan fingerprint density at radius 1 is 0.209 bits per heavy atom. The first-order valence-electron chi connectivity index (χ1n) is 46.4. The van der Waals surface area contributed by atoms with Crippen LogP contribution in [-0.2, 0) is 97.3 Å². The highest BCUT2D eigenvalue weighted by Gasteiger charge is 2.63.